The zero-order chi connectivity index (χ0) is 9.97. The number of nitrogens with zero attached hydrogens (tertiary/aromatic N) is 1. The van der Waals surface area contributed by atoms with Gasteiger partial charge in [0.25, 0.3) is 0 Å². The van der Waals surface area contributed by atoms with Crippen LogP contribution in [0.3, 0.4) is 0 Å². The van der Waals surface area contributed by atoms with Gasteiger partial charge in [-0.1, -0.05) is 34.1 Å². The first-order chi connectivity index (χ1) is 6.75. The van der Waals surface area contributed by atoms with Crippen LogP contribution >= 0.6 is 15.9 Å². The highest BCUT2D eigenvalue weighted by Gasteiger charge is 2.08. The minimum Gasteiger partial charge on any atom is -0.398 e. The van der Waals surface area contributed by atoms with Crippen LogP contribution in [0.5, 0.6) is 0 Å². The van der Waals surface area contributed by atoms with Crippen LogP contribution in [-0.4, -0.2) is 18.0 Å². The number of halogens is 1. The summed E-state index contributed by atoms with van der Waals surface area (Å²) in [6, 6.07) is 6.08. The monoisotopic (exact) mass is 252 g/mol. The molecule has 2 N–H and O–H groups in total. The molecule has 2 rings (SSSR count). The Kier molecular flexibility index (Phi) is 2.89. The van der Waals surface area contributed by atoms with Crippen LogP contribution in [-0.2, 0) is 6.54 Å². The van der Waals surface area contributed by atoms with Gasteiger partial charge in [-0.25, -0.2) is 0 Å². The zero-order valence-corrected chi connectivity index (χ0v) is 9.50. The summed E-state index contributed by atoms with van der Waals surface area (Å²) in [5, 5.41) is 0. The van der Waals surface area contributed by atoms with E-state index in [4.69, 9.17) is 5.73 Å². The lowest BCUT2D eigenvalue weighted by atomic mass is 10.2. The molecule has 1 aromatic carbocycles. The van der Waals surface area contributed by atoms with Gasteiger partial charge < -0.3 is 5.73 Å². The van der Waals surface area contributed by atoms with Crippen molar-refractivity contribution in [2.24, 2.45) is 0 Å². The topological polar surface area (TPSA) is 29.3 Å². The molecule has 0 aromatic heterocycles. The van der Waals surface area contributed by atoms with Crippen molar-refractivity contribution in [3.63, 3.8) is 0 Å². The predicted molar refractivity (Wildman–Crippen MR) is 63.0 cm³/mol. The van der Waals surface area contributed by atoms with Crippen LogP contribution in [0.15, 0.2) is 34.8 Å². The van der Waals surface area contributed by atoms with E-state index in [0.717, 1.165) is 29.8 Å². The van der Waals surface area contributed by atoms with Gasteiger partial charge in [0.1, 0.15) is 0 Å². The van der Waals surface area contributed by atoms with Crippen molar-refractivity contribution in [3.8, 4) is 0 Å². The Balaban J connectivity index is 2.08. The van der Waals surface area contributed by atoms with Crippen LogP contribution in [0.4, 0.5) is 5.69 Å². The molecule has 0 radical (unpaired) electrons. The quantitative estimate of drug-likeness (QED) is 0.647. The second-order valence-electron chi connectivity index (χ2n) is 3.51. The molecule has 0 spiro atoms. The molecule has 0 unspecified atom stereocenters. The highest BCUT2D eigenvalue weighted by Crippen LogP contribution is 2.20. The van der Waals surface area contributed by atoms with Crippen LogP contribution in [0.25, 0.3) is 0 Å². The van der Waals surface area contributed by atoms with Gasteiger partial charge in [0.05, 0.1) is 0 Å². The first kappa shape index (κ1) is 9.74. The molecule has 0 saturated carbocycles. The lowest BCUT2D eigenvalue weighted by Crippen LogP contribution is -2.19. The number of nitrogen functional groups attached to an aromatic ring is 1. The molecule has 0 bridgehead atoms. The summed E-state index contributed by atoms with van der Waals surface area (Å²) in [7, 11) is 0. The standard InChI is InChI=1S/C11H13BrN2/c12-10-4-3-9(11(13)7-10)8-14-5-1-2-6-14/h1-4,7H,5-6,8,13H2. The van der Waals surface area contributed by atoms with Crippen molar-refractivity contribution in [2.75, 3.05) is 18.8 Å². The number of benzene rings is 1. The molecule has 0 atom stereocenters. The molecule has 1 aliphatic rings. The molecule has 0 fully saturated rings. The summed E-state index contributed by atoms with van der Waals surface area (Å²) in [5.41, 5.74) is 7.99. The summed E-state index contributed by atoms with van der Waals surface area (Å²) in [4.78, 5) is 2.35. The Morgan fingerprint density at radius 2 is 2.00 bits per heavy atom. The number of anilines is 1. The van der Waals surface area contributed by atoms with Crippen molar-refractivity contribution in [3.05, 3.63) is 40.4 Å². The van der Waals surface area contributed by atoms with E-state index in [9.17, 15) is 0 Å². The predicted octanol–water partition coefficient (Wildman–Crippen LogP) is 2.40. The van der Waals surface area contributed by atoms with Crippen molar-refractivity contribution < 1.29 is 0 Å². The van der Waals surface area contributed by atoms with Gasteiger partial charge in [0.15, 0.2) is 0 Å². The van der Waals surface area contributed by atoms with E-state index in [1.165, 1.54) is 5.56 Å². The molecular weight excluding hydrogens is 240 g/mol. The molecule has 3 heteroatoms. The molecule has 1 aliphatic heterocycles. The van der Waals surface area contributed by atoms with Gasteiger partial charge in [0, 0.05) is 29.8 Å². The molecule has 2 nitrogen and oxygen atoms in total. The number of nitrogens with two attached hydrogens (primary N) is 1. The molecule has 0 aliphatic carbocycles. The maximum Gasteiger partial charge on any atom is 0.0371 e. The van der Waals surface area contributed by atoms with E-state index >= 15 is 0 Å². The van der Waals surface area contributed by atoms with Crippen LogP contribution in [0.2, 0.25) is 0 Å². The van der Waals surface area contributed by atoms with E-state index in [2.05, 4.69) is 39.0 Å². The molecule has 0 amide bonds. The third-order valence-electron chi connectivity index (χ3n) is 2.40. The van der Waals surface area contributed by atoms with E-state index in [-0.39, 0.29) is 0 Å². The average Bonchev–Trinajstić information content (AvgIpc) is 2.62. The van der Waals surface area contributed by atoms with Crippen molar-refractivity contribution in [2.45, 2.75) is 6.54 Å². The largest absolute Gasteiger partial charge is 0.398 e. The van der Waals surface area contributed by atoms with E-state index in [0.29, 0.717) is 0 Å². The molecule has 1 heterocycles. The van der Waals surface area contributed by atoms with Crippen LogP contribution < -0.4 is 5.73 Å². The Bertz CT molecular complexity index is 352. The summed E-state index contributed by atoms with van der Waals surface area (Å²) >= 11 is 3.40. The number of hydrogen-bond donors (Lipinski definition) is 1. The molecule has 0 saturated heterocycles. The van der Waals surface area contributed by atoms with Gasteiger partial charge in [-0.15, -0.1) is 0 Å². The third kappa shape index (κ3) is 2.16. The normalized spacial score (nSPS) is 16.4. The second kappa shape index (κ2) is 4.15. The number of hydrogen-bond acceptors (Lipinski definition) is 2. The van der Waals surface area contributed by atoms with Crippen molar-refractivity contribution in [1.29, 1.82) is 0 Å². The Morgan fingerprint density at radius 3 is 2.64 bits per heavy atom. The molecule has 14 heavy (non-hydrogen) atoms. The van der Waals surface area contributed by atoms with Gasteiger partial charge in [0.2, 0.25) is 0 Å². The lowest BCUT2D eigenvalue weighted by Gasteiger charge is -2.16. The first-order valence-corrected chi connectivity index (χ1v) is 5.46. The SMILES string of the molecule is Nc1cc(Br)ccc1CN1CC=CC1. The average molecular weight is 253 g/mol. The summed E-state index contributed by atoms with van der Waals surface area (Å²) in [6.45, 7) is 3.01. The second-order valence-corrected chi connectivity index (χ2v) is 4.42. The maximum absolute atomic E-state index is 5.92. The Hall–Kier alpha value is -0.800. The Morgan fingerprint density at radius 1 is 1.29 bits per heavy atom. The maximum atomic E-state index is 5.92. The van der Waals surface area contributed by atoms with E-state index in [1.54, 1.807) is 0 Å². The van der Waals surface area contributed by atoms with Gasteiger partial charge in [-0.3, -0.25) is 4.90 Å². The fraction of sp³-hybridized carbons (Fsp3) is 0.273. The molecule has 74 valence electrons. The van der Waals surface area contributed by atoms with Crippen LogP contribution in [0.1, 0.15) is 5.56 Å². The number of rotatable bonds is 2. The molecule has 1 aromatic rings. The van der Waals surface area contributed by atoms with E-state index in [1.807, 2.05) is 12.1 Å². The first-order valence-electron chi connectivity index (χ1n) is 4.67. The highest BCUT2D eigenvalue weighted by atomic mass is 79.9. The molecular formula is C11H13BrN2. The third-order valence-corrected chi connectivity index (χ3v) is 2.89. The zero-order valence-electron chi connectivity index (χ0n) is 7.91. The Labute approximate surface area is 92.5 Å². The van der Waals surface area contributed by atoms with E-state index < -0.39 is 0 Å². The van der Waals surface area contributed by atoms with Gasteiger partial charge in [-0.05, 0) is 17.7 Å². The van der Waals surface area contributed by atoms with Crippen molar-refractivity contribution >= 4 is 21.6 Å². The fourth-order valence-electron chi connectivity index (χ4n) is 1.60. The summed E-state index contributed by atoms with van der Waals surface area (Å²) in [6.07, 6.45) is 4.38. The van der Waals surface area contributed by atoms with Gasteiger partial charge in [-0.2, -0.15) is 0 Å². The smallest absolute Gasteiger partial charge is 0.0371 e. The summed E-state index contributed by atoms with van der Waals surface area (Å²) in [5.74, 6) is 0. The van der Waals surface area contributed by atoms with Crippen LogP contribution in [0, 0.1) is 0 Å². The van der Waals surface area contributed by atoms with Gasteiger partial charge >= 0.3 is 0 Å². The lowest BCUT2D eigenvalue weighted by molar-refractivity contribution is 0.346. The van der Waals surface area contributed by atoms with Crippen molar-refractivity contribution in [1.82, 2.24) is 4.90 Å². The minimum atomic E-state index is 0.867. The summed E-state index contributed by atoms with van der Waals surface area (Å²) < 4.78 is 1.04. The highest BCUT2D eigenvalue weighted by molar-refractivity contribution is 9.10. The minimum absolute atomic E-state index is 0.867. The fourth-order valence-corrected chi connectivity index (χ4v) is 1.98.